The van der Waals surface area contributed by atoms with E-state index in [2.05, 4.69) is 35.8 Å². The molecule has 0 atom stereocenters. The largest absolute Gasteiger partial charge is 0.448 e. The van der Waals surface area contributed by atoms with E-state index in [1.807, 2.05) is 67.6 Å². The van der Waals surface area contributed by atoms with Crippen LogP contribution >= 0.6 is 0 Å². The Kier molecular flexibility index (Phi) is 11.4. The van der Waals surface area contributed by atoms with Gasteiger partial charge in [-0.1, -0.05) is 18.2 Å². The van der Waals surface area contributed by atoms with Gasteiger partial charge in [0.1, 0.15) is 12.2 Å². The maximum absolute atomic E-state index is 13.1. The number of aromatic nitrogens is 3. The van der Waals surface area contributed by atoms with Crippen LogP contribution in [-0.4, -0.2) is 87.8 Å². The third-order valence-corrected chi connectivity index (χ3v) is 7.60. The third kappa shape index (κ3) is 10.5. The molecule has 3 N–H and O–H groups in total. The number of carbonyl (C=O) groups excluding carboxylic acids is 3. The SMILES string of the molecule is Cc1ccc(NC(=O)c2ccc(CN3CCN(C(=O)OCCNC(=O)OC(C)(C)C)CC3)cc2)cc1Nc1nccc(-c2cccnc2)n1. The number of hydrogen-bond acceptors (Lipinski definition) is 10. The van der Waals surface area contributed by atoms with Crippen molar-refractivity contribution in [3.63, 3.8) is 0 Å². The van der Waals surface area contributed by atoms with E-state index in [0.29, 0.717) is 49.9 Å². The molecule has 13 nitrogen and oxygen atoms in total. The van der Waals surface area contributed by atoms with E-state index in [-0.39, 0.29) is 19.1 Å². The average Bonchev–Trinajstić information content (AvgIpc) is 3.08. The number of benzene rings is 2. The molecule has 1 aliphatic rings. The summed E-state index contributed by atoms with van der Waals surface area (Å²) in [7, 11) is 0. The Labute approximate surface area is 286 Å². The lowest BCUT2D eigenvalue weighted by molar-refractivity contribution is 0.0489. The summed E-state index contributed by atoms with van der Waals surface area (Å²) in [5.41, 5.74) is 5.05. The Balaban J connectivity index is 1.07. The first-order chi connectivity index (χ1) is 23.5. The lowest BCUT2D eigenvalue weighted by Gasteiger charge is -2.34. The number of pyridine rings is 1. The summed E-state index contributed by atoms with van der Waals surface area (Å²) < 4.78 is 10.5. The molecule has 1 saturated heterocycles. The Morgan fingerprint density at radius 3 is 2.43 bits per heavy atom. The molecule has 0 saturated carbocycles. The predicted molar refractivity (Wildman–Crippen MR) is 187 cm³/mol. The highest BCUT2D eigenvalue weighted by atomic mass is 16.6. The van der Waals surface area contributed by atoms with Crippen LogP contribution in [0.2, 0.25) is 0 Å². The predicted octanol–water partition coefficient (Wildman–Crippen LogP) is 5.62. The lowest BCUT2D eigenvalue weighted by atomic mass is 10.1. The highest BCUT2D eigenvalue weighted by Crippen LogP contribution is 2.25. The number of nitrogens with zero attached hydrogens (tertiary/aromatic N) is 5. The van der Waals surface area contributed by atoms with Crippen LogP contribution in [0, 0.1) is 6.92 Å². The van der Waals surface area contributed by atoms with Crippen LogP contribution in [0.3, 0.4) is 0 Å². The van der Waals surface area contributed by atoms with E-state index in [1.165, 1.54) is 0 Å². The molecule has 2 aromatic carbocycles. The standard InChI is InChI=1S/C36H42N8O5/c1-25-7-12-29(22-31(25)42-33-38-15-13-30(41-33)28-6-5-14-37-23-28)40-32(45)27-10-8-26(9-11-27)24-43-17-19-44(20-18-43)35(47)48-21-16-39-34(46)49-36(2,3)4/h5-15,22-23H,16-21,24H2,1-4H3,(H,39,46)(H,40,45)(H,38,41,42). The molecule has 2 aromatic heterocycles. The number of hydrogen-bond donors (Lipinski definition) is 3. The summed E-state index contributed by atoms with van der Waals surface area (Å²) in [6, 6.07) is 18.8. The molecule has 3 heterocycles. The smallest absolute Gasteiger partial charge is 0.409 e. The van der Waals surface area contributed by atoms with Crippen molar-refractivity contribution < 1.29 is 23.9 Å². The van der Waals surface area contributed by atoms with Crippen molar-refractivity contribution in [1.82, 2.24) is 30.1 Å². The van der Waals surface area contributed by atoms with Crippen molar-refractivity contribution in [3.05, 3.63) is 95.9 Å². The molecule has 5 rings (SSSR count). The quantitative estimate of drug-likeness (QED) is 0.182. The van der Waals surface area contributed by atoms with E-state index < -0.39 is 17.8 Å². The van der Waals surface area contributed by atoms with Gasteiger partial charge in [-0.15, -0.1) is 0 Å². The van der Waals surface area contributed by atoms with Crippen molar-refractivity contribution >= 4 is 35.4 Å². The highest BCUT2D eigenvalue weighted by molar-refractivity contribution is 6.04. The number of anilines is 3. The van der Waals surface area contributed by atoms with Crippen LogP contribution in [0.4, 0.5) is 26.9 Å². The second-order valence-electron chi connectivity index (χ2n) is 12.6. The number of carbonyl (C=O) groups is 3. The molecule has 0 spiro atoms. The summed E-state index contributed by atoms with van der Waals surface area (Å²) in [6.07, 6.45) is 4.21. The normalized spacial score (nSPS) is 13.3. The van der Waals surface area contributed by atoms with Crippen molar-refractivity contribution in [2.45, 2.75) is 39.8 Å². The van der Waals surface area contributed by atoms with Gasteiger partial charge >= 0.3 is 12.2 Å². The maximum atomic E-state index is 13.1. The molecule has 0 unspecified atom stereocenters. The van der Waals surface area contributed by atoms with Gasteiger partial charge in [-0.25, -0.2) is 19.6 Å². The fourth-order valence-electron chi connectivity index (χ4n) is 5.06. The van der Waals surface area contributed by atoms with E-state index in [1.54, 1.807) is 44.3 Å². The van der Waals surface area contributed by atoms with Crippen molar-refractivity contribution in [2.24, 2.45) is 0 Å². The Morgan fingerprint density at radius 1 is 0.939 bits per heavy atom. The molecule has 13 heteroatoms. The summed E-state index contributed by atoms with van der Waals surface area (Å²) >= 11 is 0. The van der Waals surface area contributed by atoms with Crippen LogP contribution in [0.25, 0.3) is 11.3 Å². The van der Waals surface area contributed by atoms with Crippen molar-refractivity contribution in [3.8, 4) is 11.3 Å². The molecule has 0 aliphatic carbocycles. The lowest BCUT2D eigenvalue weighted by Crippen LogP contribution is -2.48. The van der Waals surface area contributed by atoms with Gasteiger partial charge in [0.05, 0.1) is 12.2 Å². The topological polar surface area (TPSA) is 151 Å². The zero-order chi connectivity index (χ0) is 34.8. The van der Waals surface area contributed by atoms with Gasteiger partial charge in [0.2, 0.25) is 5.95 Å². The molecule has 0 radical (unpaired) electrons. The summed E-state index contributed by atoms with van der Waals surface area (Å²) in [5.74, 6) is 0.221. The monoisotopic (exact) mass is 666 g/mol. The number of aryl methyl sites for hydroxylation is 1. The zero-order valence-electron chi connectivity index (χ0n) is 28.2. The number of alkyl carbamates (subject to hydrolysis) is 1. The molecular weight excluding hydrogens is 624 g/mol. The zero-order valence-corrected chi connectivity index (χ0v) is 28.2. The van der Waals surface area contributed by atoms with Gasteiger partial charge < -0.3 is 30.3 Å². The number of ether oxygens (including phenoxy) is 2. The van der Waals surface area contributed by atoms with Crippen LogP contribution < -0.4 is 16.0 Å². The number of piperazine rings is 1. The fourth-order valence-corrected chi connectivity index (χ4v) is 5.06. The van der Waals surface area contributed by atoms with Crippen LogP contribution in [0.5, 0.6) is 0 Å². The van der Waals surface area contributed by atoms with Crippen LogP contribution in [0.15, 0.2) is 79.3 Å². The van der Waals surface area contributed by atoms with Gasteiger partial charge in [0.15, 0.2) is 0 Å². The average molecular weight is 667 g/mol. The van der Waals surface area contributed by atoms with E-state index in [0.717, 1.165) is 28.1 Å². The minimum atomic E-state index is -0.588. The Bertz CT molecular complexity index is 1740. The van der Waals surface area contributed by atoms with Gasteiger partial charge in [-0.3, -0.25) is 14.7 Å². The van der Waals surface area contributed by atoms with Gasteiger partial charge in [-0.2, -0.15) is 0 Å². The first kappa shape index (κ1) is 34.8. The van der Waals surface area contributed by atoms with E-state index in [9.17, 15) is 14.4 Å². The number of amides is 3. The highest BCUT2D eigenvalue weighted by Gasteiger charge is 2.23. The number of rotatable bonds is 10. The first-order valence-electron chi connectivity index (χ1n) is 16.1. The maximum Gasteiger partial charge on any atom is 0.409 e. The third-order valence-electron chi connectivity index (χ3n) is 7.60. The van der Waals surface area contributed by atoms with Crippen LogP contribution in [-0.2, 0) is 16.0 Å². The fraction of sp³-hybridized carbons (Fsp3) is 0.333. The molecular formula is C36H42N8O5. The summed E-state index contributed by atoms with van der Waals surface area (Å²) in [5, 5.41) is 8.82. The molecule has 49 heavy (non-hydrogen) atoms. The minimum Gasteiger partial charge on any atom is -0.448 e. The van der Waals surface area contributed by atoms with Gasteiger partial charge in [0.25, 0.3) is 5.91 Å². The van der Waals surface area contributed by atoms with Crippen LogP contribution in [0.1, 0.15) is 42.3 Å². The van der Waals surface area contributed by atoms with Gasteiger partial charge in [0, 0.05) is 73.8 Å². The van der Waals surface area contributed by atoms with Crippen molar-refractivity contribution in [2.75, 3.05) is 50.0 Å². The Morgan fingerprint density at radius 2 is 1.71 bits per heavy atom. The molecule has 1 fully saturated rings. The Hall–Kier alpha value is -5.56. The van der Waals surface area contributed by atoms with Crippen molar-refractivity contribution in [1.29, 1.82) is 0 Å². The van der Waals surface area contributed by atoms with E-state index in [4.69, 9.17) is 9.47 Å². The molecule has 4 aromatic rings. The molecule has 1 aliphatic heterocycles. The van der Waals surface area contributed by atoms with Gasteiger partial charge in [-0.05, 0) is 81.3 Å². The molecule has 0 bridgehead atoms. The molecule has 3 amide bonds. The summed E-state index contributed by atoms with van der Waals surface area (Å²) in [4.78, 5) is 54.3. The summed E-state index contributed by atoms with van der Waals surface area (Å²) in [6.45, 7) is 10.7. The van der Waals surface area contributed by atoms with E-state index >= 15 is 0 Å². The second kappa shape index (κ2) is 16.0. The number of nitrogens with one attached hydrogen (secondary N) is 3. The molecule has 256 valence electrons. The first-order valence-corrected chi connectivity index (χ1v) is 16.1. The minimum absolute atomic E-state index is 0.0665. The second-order valence-corrected chi connectivity index (χ2v) is 12.6.